The standard InChI is InChI=1S/C15H25N3O2S/c1-17(2)11-12-6-8-18(9-7-12)15-5-4-13(10-14(15)16)21(3,19)20/h4-5,10,12H,6-9,11,16H2,1-3H3. The van der Waals surface area contributed by atoms with Crippen molar-refractivity contribution in [2.75, 3.05) is 50.6 Å². The van der Waals surface area contributed by atoms with Gasteiger partial charge < -0.3 is 15.5 Å². The van der Waals surface area contributed by atoms with Crippen molar-refractivity contribution in [2.24, 2.45) is 5.92 Å². The minimum Gasteiger partial charge on any atom is -0.397 e. The van der Waals surface area contributed by atoms with Gasteiger partial charge in [0.25, 0.3) is 0 Å². The Balaban J connectivity index is 2.07. The van der Waals surface area contributed by atoms with Gasteiger partial charge in [0.1, 0.15) is 0 Å². The summed E-state index contributed by atoms with van der Waals surface area (Å²) in [6.45, 7) is 3.07. The fraction of sp³-hybridized carbons (Fsp3) is 0.600. The molecule has 0 radical (unpaired) electrons. The van der Waals surface area contributed by atoms with Crippen LogP contribution >= 0.6 is 0 Å². The smallest absolute Gasteiger partial charge is 0.175 e. The Labute approximate surface area is 127 Å². The van der Waals surface area contributed by atoms with Crippen LogP contribution in [0.3, 0.4) is 0 Å². The maximum Gasteiger partial charge on any atom is 0.175 e. The zero-order valence-corrected chi connectivity index (χ0v) is 13.9. The molecule has 0 bridgehead atoms. The summed E-state index contributed by atoms with van der Waals surface area (Å²) in [6.07, 6.45) is 3.49. The summed E-state index contributed by atoms with van der Waals surface area (Å²) in [5.41, 5.74) is 7.55. The minimum absolute atomic E-state index is 0.284. The summed E-state index contributed by atoms with van der Waals surface area (Å²) >= 11 is 0. The number of nitrogen functional groups attached to an aromatic ring is 1. The molecule has 21 heavy (non-hydrogen) atoms. The number of rotatable bonds is 4. The van der Waals surface area contributed by atoms with Crippen LogP contribution in [0.2, 0.25) is 0 Å². The van der Waals surface area contributed by atoms with Crippen LogP contribution in [0.5, 0.6) is 0 Å². The van der Waals surface area contributed by atoms with E-state index in [9.17, 15) is 8.42 Å². The van der Waals surface area contributed by atoms with E-state index >= 15 is 0 Å². The van der Waals surface area contributed by atoms with Gasteiger partial charge >= 0.3 is 0 Å². The highest BCUT2D eigenvalue weighted by atomic mass is 32.2. The van der Waals surface area contributed by atoms with Crippen molar-refractivity contribution in [3.8, 4) is 0 Å². The zero-order chi connectivity index (χ0) is 15.6. The first-order chi connectivity index (χ1) is 9.77. The third kappa shape index (κ3) is 4.11. The van der Waals surface area contributed by atoms with E-state index in [1.165, 1.54) is 6.26 Å². The third-order valence-corrected chi connectivity index (χ3v) is 5.12. The number of benzene rings is 1. The lowest BCUT2D eigenvalue weighted by molar-refractivity contribution is 0.285. The van der Waals surface area contributed by atoms with Gasteiger partial charge in [0.2, 0.25) is 0 Å². The highest BCUT2D eigenvalue weighted by molar-refractivity contribution is 7.90. The maximum atomic E-state index is 11.5. The van der Waals surface area contributed by atoms with Crippen molar-refractivity contribution in [1.29, 1.82) is 0 Å². The molecule has 1 aromatic carbocycles. The molecule has 1 aliphatic heterocycles. The van der Waals surface area contributed by atoms with Crippen LogP contribution in [0, 0.1) is 5.92 Å². The Kier molecular flexibility index (Phi) is 4.78. The predicted octanol–water partition coefficient (Wildman–Crippen LogP) is 1.45. The topological polar surface area (TPSA) is 66.6 Å². The van der Waals surface area contributed by atoms with Gasteiger partial charge in [0.05, 0.1) is 16.3 Å². The van der Waals surface area contributed by atoms with Crippen LogP contribution in [-0.4, -0.2) is 53.3 Å². The van der Waals surface area contributed by atoms with Crippen molar-refractivity contribution in [3.63, 3.8) is 0 Å². The lowest BCUT2D eigenvalue weighted by Gasteiger charge is -2.35. The quantitative estimate of drug-likeness (QED) is 0.853. The molecule has 1 aliphatic rings. The molecule has 1 fully saturated rings. The Bertz CT molecular complexity index is 591. The number of sulfone groups is 1. The van der Waals surface area contributed by atoms with Crippen LogP contribution in [0.1, 0.15) is 12.8 Å². The number of piperidine rings is 1. The Morgan fingerprint density at radius 2 is 1.90 bits per heavy atom. The summed E-state index contributed by atoms with van der Waals surface area (Å²) in [6, 6.07) is 5.04. The summed E-state index contributed by atoms with van der Waals surface area (Å²) in [5.74, 6) is 0.729. The average Bonchev–Trinajstić information content (AvgIpc) is 2.38. The SMILES string of the molecule is CN(C)CC1CCN(c2ccc(S(C)(=O)=O)cc2N)CC1. The first kappa shape index (κ1) is 16.1. The first-order valence-corrected chi connectivity index (χ1v) is 9.16. The number of nitrogens with zero attached hydrogens (tertiary/aromatic N) is 2. The van der Waals surface area contributed by atoms with E-state index in [2.05, 4.69) is 23.9 Å². The highest BCUT2D eigenvalue weighted by Crippen LogP contribution is 2.30. The number of anilines is 2. The number of hydrogen-bond donors (Lipinski definition) is 1. The van der Waals surface area contributed by atoms with E-state index in [0.717, 1.165) is 44.1 Å². The Hall–Kier alpha value is -1.27. The molecule has 0 aliphatic carbocycles. The van der Waals surface area contributed by atoms with Crippen LogP contribution in [-0.2, 0) is 9.84 Å². The summed E-state index contributed by atoms with van der Waals surface area (Å²) in [7, 11) is 1.01. The van der Waals surface area contributed by atoms with Gasteiger partial charge in [0.15, 0.2) is 9.84 Å². The zero-order valence-electron chi connectivity index (χ0n) is 13.0. The average molecular weight is 311 g/mol. The molecular formula is C15H25N3O2S. The van der Waals surface area contributed by atoms with Gasteiger partial charge in [-0.2, -0.15) is 0 Å². The molecule has 5 nitrogen and oxygen atoms in total. The molecule has 0 amide bonds. The fourth-order valence-electron chi connectivity index (χ4n) is 2.92. The summed E-state index contributed by atoms with van der Waals surface area (Å²) < 4.78 is 23.1. The molecule has 1 saturated heterocycles. The largest absolute Gasteiger partial charge is 0.397 e. The number of hydrogen-bond acceptors (Lipinski definition) is 5. The van der Waals surface area contributed by atoms with Gasteiger partial charge in [-0.3, -0.25) is 0 Å². The first-order valence-electron chi connectivity index (χ1n) is 7.26. The molecule has 0 aromatic heterocycles. The fourth-order valence-corrected chi connectivity index (χ4v) is 3.58. The molecular weight excluding hydrogens is 286 g/mol. The molecule has 0 spiro atoms. The second-order valence-corrected chi connectivity index (χ2v) is 8.20. The van der Waals surface area contributed by atoms with E-state index in [4.69, 9.17) is 5.73 Å². The van der Waals surface area contributed by atoms with Crippen molar-refractivity contribution in [1.82, 2.24) is 4.90 Å². The van der Waals surface area contributed by atoms with Crippen molar-refractivity contribution >= 4 is 21.2 Å². The lowest BCUT2D eigenvalue weighted by atomic mass is 9.96. The van der Waals surface area contributed by atoms with Crippen LogP contribution in [0.15, 0.2) is 23.1 Å². The molecule has 1 heterocycles. The normalized spacial score (nSPS) is 17.4. The van der Waals surface area contributed by atoms with Gasteiger partial charge in [0, 0.05) is 25.9 Å². The highest BCUT2D eigenvalue weighted by Gasteiger charge is 2.21. The second-order valence-electron chi connectivity index (χ2n) is 6.19. The number of nitrogens with two attached hydrogens (primary N) is 1. The third-order valence-electron chi connectivity index (χ3n) is 4.01. The second kappa shape index (κ2) is 6.23. The molecule has 2 N–H and O–H groups in total. The van der Waals surface area contributed by atoms with Gasteiger partial charge in [-0.15, -0.1) is 0 Å². The van der Waals surface area contributed by atoms with E-state index in [1.54, 1.807) is 12.1 Å². The predicted molar refractivity (Wildman–Crippen MR) is 87.5 cm³/mol. The van der Waals surface area contributed by atoms with Crippen molar-refractivity contribution in [3.05, 3.63) is 18.2 Å². The maximum absolute atomic E-state index is 11.5. The summed E-state index contributed by atoms with van der Waals surface area (Å²) in [4.78, 5) is 4.77. The van der Waals surface area contributed by atoms with Crippen LogP contribution in [0.4, 0.5) is 11.4 Å². The lowest BCUT2D eigenvalue weighted by Crippen LogP contribution is -2.37. The molecule has 0 unspecified atom stereocenters. The minimum atomic E-state index is -3.20. The van der Waals surface area contributed by atoms with Crippen molar-refractivity contribution < 1.29 is 8.42 Å². The van der Waals surface area contributed by atoms with Gasteiger partial charge in [-0.25, -0.2) is 8.42 Å². The van der Waals surface area contributed by atoms with Gasteiger partial charge in [-0.1, -0.05) is 0 Å². The van der Waals surface area contributed by atoms with Gasteiger partial charge in [-0.05, 0) is 51.1 Å². The van der Waals surface area contributed by atoms with E-state index < -0.39 is 9.84 Å². The van der Waals surface area contributed by atoms with E-state index in [1.807, 2.05) is 6.07 Å². The van der Waals surface area contributed by atoms with Crippen LogP contribution in [0.25, 0.3) is 0 Å². The molecule has 6 heteroatoms. The molecule has 0 atom stereocenters. The molecule has 2 rings (SSSR count). The summed E-state index contributed by atoms with van der Waals surface area (Å²) in [5, 5.41) is 0. The van der Waals surface area contributed by atoms with Crippen molar-refractivity contribution in [2.45, 2.75) is 17.7 Å². The molecule has 1 aromatic rings. The Morgan fingerprint density at radius 3 is 2.38 bits per heavy atom. The van der Waals surface area contributed by atoms with E-state index in [0.29, 0.717) is 5.69 Å². The Morgan fingerprint density at radius 1 is 1.29 bits per heavy atom. The monoisotopic (exact) mass is 311 g/mol. The molecule has 0 saturated carbocycles. The van der Waals surface area contributed by atoms with Crippen LogP contribution < -0.4 is 10.6 Å². The van der Waals surface area contributed by atoms with E-state index in [-0.39, 0.29) is 4.90 Å². The molecule has 118 valence electrons.